The number of benzene rings is 2. The van der Waals surface area contributed by atoms with E-state index in [0.29, 0.717) is 11.4 Å². The monoisotopic (exact) mass is 407 g/mol. The summed E-state index contributed by atoms with van der Waals surface area (Å²) in [6.45, 7) is -0.857. The zero-order valence-electron chi connectivity index (χ0n) is 16.4. The summed E-state index contributed by atoms with van der Waals surface area (Å²) in [6.07, 6.45) is 3.76. The summed E-state index contributed by atoms with van der Waals surface area (Å²) >= 11 is 0. The van der Waals surface area contributed by atoms with E-state index < -0.39 is 6.61 Å². The van der Waals surface area contributed by atoms with E-state index in [-0.39, 0.29) is 11.7 Å². The molecule has 1 N–H and O–H groups in total. The van der Waals surface area contributed by atoms with Gasteiger partial charge in [-0.05, 0) is 65.9 Å². The van der Waals surface area contributed by atoms with Gasteiger partial charge in [-0.1, -0.05) is 12.1 Å². The maximum Gasteiger partial charge on any atom is 0.387 e. The minimum Gasteiger partial charge on any atom is -0.435 e. The summed E-state index contributed by atoms with van der Waals surface area (Å²) in [5.74, 6) is 0.00843. The number of ether oxygens (including phenoxy) is 1. The SMILES string of the molecule is Cc1cc(-c2ccc3cnc(NC(=O)c4ccc(OC(F)F)cc4)cc3c2)n(C)c1. The second kappa shape index (κ2) is 7.94. The van der Waals surface area contributed by atoms with Crippen molar-refractivity contribution in [3.8, 4) is 17.0 Å². The Bertz CT molecular complexity index is 1220. The maximum atomic E-state index is 12.5. The Hall–Kier alpha value is -3.74. The molecule has 7 heteroatoms. The van der Waals surface area contributed by atoms with Crippen LogP contribution in [0.15, 0.2) is 67.0 Å². The molecule has 0 bridgehead atoms. The normalized spacial score (nSPS) is 11.1. The fourth-order valence-electron chi connectivity index (χ4n) is 3.36. The van der Waals surface area contributed by atoms with Crippen LogP contribution < -0.4 is 10.1 Å². The van der Waals surface area contributed by atoms with Gasteiger partial charge in [-0.2, -0.15) is 8.78 Å². The molecule has 152 valence electrons. The molecule has 0 saturated carbocycles. The number of nitrogens with one attached hydrogen (secondary N) is 1. The summed E-state index contributed by atoms with van der Waals surface area (Å²) in [7, 11) is 2.00. The molecule has 2 aromatic carbocycles. The van der Waals surface area contributed by atoms with Gasteiger partial charge in [0.05, 0.1) is 0 Å². The Labute approximate surface area is 171 Å². The first-order chi connectivity index (χ1) is 14.4. The smallest absolute Gasteiger partial charge is 0.387 e. The predicted octanol–water partition coefficient (Wildman–Crippen LogP) is 5.40. The van der Waals surface area contributed by atoms with E-state index in [1.807, 2.05) is 26.1 Å². The second-order valence-corrected chi connectivity index (χ2v) is 7.00. The highest BCUT2D eigenvalue weighted by molar-refractivity contribution is 6.04. The first kappa shape index (κ1) is 19.6. The van der Waals surface area contributed by atoms with Gasteiger partial charge in [-0.15, -0.1) is 0 Å². The molecule has 0 saturated heterocycles. The standard InChI is InChI=1S/C23H19F2N3O2/c1-14-9-20(28(2)13-14)16-3-4-17-12-26-21(11-18(17)10-16)27-22(29)15-5-7-19(8-6-15)30-23(24)25/h3-13,23H,1-2H3,(H,26,27,29). The van der Waals surface area contributed by atoms with Crippen molar-refractivity contribution in [1.29, 1.82) is 0 Å². The van der Waals surface area contributed by atoms with Gasteiger partial charge in [-0.3, -0.25) is 4.79 Å². The number of nitrogens with zero attached hydrogens (tertiary/aromatic N) is 2. The number of aryl methyl sites for hydroxylation is 2. The number of alkyl halides is 2. The lowest BCUT2D eigenvalue weighted by molar-refractivity contribution is -0.0498. The van der Waals surface area contributed by atoms with Crippen LogP contribution in [0.3, 0.4) is 0 Å². The van der Waals surface area contributed by atoms with E-state index in [1.165, 1.54) is 29.8 Å². The molecule has 0 spiro atoms. The molecule has 0 aliphatic heterocycles. The van der Waals surface area contributed by atoms with Gasteiger partial charge in [0.2, 0.25) is 0 Å². The Morgan fingerprint density at radius 2 is 1.83 bits per heavy atom. The number of halogens is 2. The number of hydrogen-bond donors (Lipinski definition) is 1. The largest absolute Gasteiger partial charge is 0.435 e. The quantitative estimate of drug-likeness (QED) is 0.482. The highest BCUT2D eigenvalue weighted by atomic mass is 19.3. The zero-order valence-corrected chi connectivity index (χ0v) is 16.4. The van der Waals surface area contributed by atoms with E-state index >= 15 is 0 Å². The summed E-state index contributed by atoms with van der Waals surface area (Å²) in [5, 5.41) is 4.64. The van der Waals surface area contributed by atoms with E-state index in [0.717, 1.165) is 22.0 Å². The molecule has 0 aliphatic carbocycles. The number of rotatable bonds is 5. The molecule has 30 heavy (non-hydrogen) atoms. The predicted molar refractivity (Wildman–Crippen MR) is 112 cm³/mol. The molecule has 0 unspecified atom stereocenters. The maximum absolute atomic E-state index is 12.5. The highest BCUT2D eigenvalue weighted by Crippen LogP contribution is 2.27. The minimum absolute atomic E-state index is 0.00572. The average molecular weight is 407 g/mol. The van der Waals surface area contributed by atoms with Crippen LogP contribution in [0.5, 0.6) is 5.75 Å². The van der Waals surface area contributed by atoms with Gasteiger partial charge in [-0.25, -0.2) is 4.98 Å². The molecule has 5 nitrogen and oxygen atoms in total. The molecule has 0 aliphatic rings. The molecule has 0 radical (unpaired) electrons. The van der Waals surface area contributed by atoms with E-state index in [4.69, 9.17) is 0 Å². The van der Waals surface area contributed by atoms with Crippen LogP contribution in [0.2, 0.25) is 0 Å². The van der Waals surface area contributed by atoms with Crippen molar-refractivity contribution in [3.05, 3.63) is 78.1 Å². The first-order valence-electron chi connectivity index (χ1n) is 9.28. The number of hydrogen-bond acceptors (Lipinski definition) is 3. The van der Waals surface area contributed by atoms with Crippen LogP contribution in [0.25, 0.3) is 22.0 Å². The lowest BCUT2D eigenvalue weighted by Gasteiger charge is -2.09. The van der Waals surface area contributed by atoms with Gasteiger partial charge in [0, 0.05) is 36.1 Å². The number of pyridine rings is 1. The number of carbonyl (C=O) groups is 1. The van der Waals surface area contributed by atoms with Crippen LogP contribution in [0.4, 0.5) is 14.6 Å². The van der Waals surface area contributed by atoms with Crippen molar-refractivity contribution in [2.75, 3.05) is 5.32 Å². The lowest BCUT2D eigenvalue weighted by Crippen LogP contribution is -2.13. The van der Waals surface area contributed by atoms with E-state index in [1.54, 1.807) is 12.3 Å². The molecule has 0 atom stereocenters. The Morgan fingerprint density at radius 3 is 2.50 bits per heavy atom. The van der Waals surface area contributed by atoms with Gasteiger partial charge >= 0.3 is 6.61 Å². The number of aromatic nitrogens is 2. The molecular weight excluding hydrogens is 388 g/mol. The fourth-order valence-corrected chi connectivity index (χ4v) is 3.36. The van der Waals surface area contributed by atoms with Crippen molar-refractivity contribution in [2.45, 2.75) is 13.5 Å². The van der Waals surface area contributed by atoms with Crippen LogP contribution in [0.1, 0.15) is 15.9 Å². The third-order valence-electron chi connectivity index (χ3n) is 4.74. The molecule has 1 amide bonds. The van der Waals surface area contributed by atoms with Crippen molar-refractivity contribution in [2.24, 2.45) is 7.05 Å². The van der Waals surface area contributed by atoms with Crippen LogP contribution in [-0.2, 0) is 7.05 Å². The number of anilines is 1. The van der Waals surface area contributed by atoms with E-state index in [2.05, 4.69) is 37.9 Å². The molecule has 2 aromatic heterocycles. The fraction of sp³-hybridized carbons (Fsp3) is 0.130. The molecule has 2 heterocycles. The Kier molecular flexibility index (Phi) is 5.18. The summed E-state index contributed by atoms with van der Waals surface area (Å²) in [6, 6.07) is 15.5. The Morgan fingerprint density at radius 1 is 1.07 bits per heavy atom. The average Bonchev–Trinajstić information content (AvgIpc) is 3.05. The molecule has 4 aromatic rings. The van der Waals surface area contributed by atoms with E-state index in [9.17, 15) is 13.6 Å². The van der Waals surface area contributed by atoms with Crippen molar-refractivity contribution < 1.29 is 18.3 Å². The van der Waals surface area contributed by atoms with Gasteiger partial charge in [0.1, 0.15) is 11.6 Å². The number of fused-ring (bicyclic) bond motifs is 1. The molecule has 0 fully saturated rings. The minimum atomic E-state index is -2.91. The molecule has 4 rings (SSSR count). The number of amides is 1. The van der Waals surface area contributed by atoms with Crippen molar-refractivity contribution >= 4 is 22.5 Å². The number of carbonyl (C=O) groups excluding carboxylic acids is 1. The first-order valence-corrected chi connectivity index (χ1v) is 9.28. The third-order valence-corrected chi connectivity index (χ3v) is 4.74. The zero-order chi connectivity index (χ0) is 21.3. The van der Waals surface area contributed by atoms with Gasteiger partial charge in [0.25, 0.3) is 5.91 Å². The third kappa shape index (κ3) is 4.15. The summed E-state index contributed by atoms with van der Waals surface area (Å²) in [5.41, 5.74) is 3.66. The van der Waals surface area contributed by atoms with Crippen LogP contribution in [0, 0.1) is 6.92 Å². The van der Waals surface area contributed by atoms with Crippen LogP contribution in [-0.4, -0.2) is 22.1 Å². The topological polar surface area (TPSA) is 56.1 Å². The van der Waals surface area contributed by atoms with Gasteiger partial charge < -0.3 is 14.6 Å². The Balaban J connectivity index is 1.57. The highest BCUT2D eigenvalue weighted by Gasteiger charge is 2.10. The van der Waals surface area contributed by atoms with Crippen LogP contribution >= 0.6 is 0 Å². The lowest BCUT2D eigenvalue weighted by atomic mass is 10.1. The van der Waals surface area contributed by atoms with Crippen molar-refractivity contribution in [3.63, 3.8) is 0 Å². The summed E-state index contributed by atoms with van der Waals surface area (Å²) in [4.78, 5) is 16.8. The second-order valence-electron chi connectivity index (χ2n) is 7.00. The molecular formula is C23H19F2N3O2. The summed E-state index contributed by atoms with van der Waals surface area (Å²) < 4.78 is 30.9. The van der Waals surface area contributed by atoms with Gasteiger partial charge in [0.15, 0.2) is 0 Å². The van der Waals surface area contributed by atoms with Crippen molar-refractivity contribution in [1.82, 2.24) is 9.55 Å².